The van der Waals surface area contributed by atoms with Gasteiger partial charge in [-0.1, -0.05) is 12.1 Å². The van der Waals surface area contributed by atoms with Crippen molar-refractivity contribution in [2.75, 3.05) is 13.1 Å². The molecule has 2 aliphatic heterocycles. The molecular weight excluding hydrogens is 268 g/mol. The molecule has 112 valence electrons. The van der Waals surface area contributed by atoms with E-state index in [-0.39, 0.29) is 23.8 Å². The minimum absolute atomic E-state index is 0.182. The lowest BCUT2D eigenvalue weighted by Gasteiger charge is -2.25. The Labute approximate surface area is 124 Å². The number of ether oxygens (including phenoxy) is 1. The van der Waals surface area contributed by atoms with E-state index in [4.69, 9.17) is 4.74 Å². The first-order valence-electron chi connectivity index (χ1n) is 7.53. The van der Waals surface area contributed by atoms with E-state index in [1.54, 1.807) is 0 Å². The minimum atomic E-state index is -0.251. The van der Waals surface area contributed by atoms with Gasteiger partial charge in [-0.05, 0) is 50.0 Å². The Kier molecular flexibility index (Phi) is 4.20. The molecule has 2 saturated heterocycles. The molecule has 2 fully saturated rings. The molecule has 1 unspecified atom stereocenters. The summed E-state index contributed by atoms with van der Waals surface area (Å²) in [6, 6.07) is 7.70. The van der Waals surface area contributed by atoms with Gasteiger partial charge in [-0.25, -0.2) is 0 Å². The highest BCUT2D eigenvalue weighted by atomic mass is 16.5. The summed E-state index contributed by atoms with van der Waals surface area (Å²) in [5.74, 6) is 0.173. The van der Waals surface area contributed by atoms with Crippen molar-refractivity contribution < 1.29 is 14.3 Å². The van der Waals surface area contributed by atoms with Crippen molar-refractivity contribution >= 4 is 11.8 Å². The lowest BCUT2D eigenvalue weighted by atomic mass is 9.90. The number of hydrogen-bond donors (Lipinski definition) is 2. The average molecular weight is 288 g/mol. The van der Waals surface area contributed by atoms with Crippen molar-refractivity contribution in [1.29, 1.82) is 0 Å². The Bertz CT molecular complexity index is 538. The monoisotopic (exact) mass is 288 g/mol. The highest BCUT2D eigenvalue weighted by molar-refractivity contribution is 6.00. The fourth-order valence-corrected chi connectivity index (χ4v) is 2.92. The summed E-state index contributed by atoms with van der Waals surface area (Å²) in [5.41, 5.74) is 0.923. The fourth-order valence-electron chi connectivity index (χ4n) is 2.92. The van der Waals surface area contributed by atoms with Gasteiger partial charge in [0.15, 0.2) is 0 Å². The second kappa shape index (κ2) is 6.26. The summed E-state index contributed by atoms with van der Waals surface area (Å²) in [4.78, 5) is 23.1. The van der Waals surface area contributed by atoms with Crippen LogP contribution in [0.5, 0.6) is 5.75 Å². The van der Waals surface area contributed by atoms with Crippen LogP contribution in [0.4, 0.5) is 0 Å². The number of carbonyl (C=O) groups is 2. The van der Waals surface area contributed by atoms with E-state index in [0.717, 1.165) is 37.2 Å². The topological polar surface area (TPSA) is 67.4 Å². The van der Waals surface area contributed by atoms with Crippen molar-refractivity contribution in [3.05, 3.63) is 29.8 Å². The molecule has 0 radical (unpaired) electrons. The number of carbonyl (C=O) groups excluding carboxylic acids is 2. The highest BCUT2D eigenvalue weighted by Gasteiger charge is 2.28. The predicted molar refractivity (Wildman–Crippen MR) is 78.1 cm³/mol. The number of rotatable bonds is 3. The maximum Gasteiger partial charge on any atom is 0.234 e. The van der Waals surface area contributed by atoms with Crippen molar-refractivity contribution in [1.82, 2.24) is 10.6 Å². The van der Waals surface area contributed by atoms with Crippen LogP contribution in [0.15, 0.2) is 24.3 Å². The lowest BCUT2D eigenvalue weighted by Crippen LogP contribution is -2.39. The first-order chi connectivity index (χ1) is 10.2. The molecule has 5 nitrogen and oxygen atoms in total. The van der Waals surface area contributed by atoms with Crippen molar-refractivity contribution in [3.63, 3.8) is 0 Å². The number of amides is 2. The van der Waals surface area contributed by atoms with Gasteiger partial charge >= 0.3 is 0 Å². The van der Waals surface area contributed by atoms with Crippen LogP contribution < -0.4 is 15.4 Å². The molecule has 2 N–H and O–H groups in total. The highest BCUT2D eigenvalue weighted by Crippen LogP contribution is 2.28. The second-order valence-corrected chi connectivity index (χ2v) is 5.64. The number of hydrogen-bond acceptors (Lipinski definition) is 4. The quantitative estimate of drug-likeness (QED) is 0.824. The molecule has 3 rings (SSSR count). The Hall–Kier alpha value is -1.88. The van der Waals surface area contributed by atoms with E-state index in [0.29, 0.717) is 12.8 Å². The zero-order chi connectivity index (χ0) is 14.7. The van der Waals surface area contributed by atoms with Crippen molar-refractivity contribution in [2.45, 2.75) is 37.7 Å². The third-order valence-corrected chi connectivity index (χ3v) is 4.09. The van der Waals surface area contributed by atoms with Crippen LogP contribution >= 0.6 is 0 Å². The molecule has 5 heteroatoms. The molecule has 2 amide bonds. The SMILES string of the molecule is O=C1CCC(c2cccc(OC3CCNCC3)c2)C(=O)N1. The largest absolute Gasteiger partial charge is 0.490 e. The molecule has 0 saturated carbocycles. The summed E-state index contributed by atoms with van der Waals surface area (Å²) in [7, 11) is 0. The van der Waals surface area contributed by atoms with E-state index >= 15 is 0 Å². The molecule has 1 atom stereocenters. The molecular formula is C16H20N2O3. The van der Waals surface area contributed by atoms with Gasteiger partial charge in [0.2, 0.25) is 11.8 Å². The van der Waals surface area contributed by atoms with Crippen molar-refractivity contribution in [3.8, 4) is 5.75 Å². The molecule has 0 bridgehead atoms. The molecule has 0 aromatic heterocycles. The third-order valence-electron chi connectivity index (χ3n) is 4.09. The summed E-state index contributed by atoms with van der Waals surface area (Å²) in [5, 5.41) is 5.71. The van der Waals surface area contributed by atoms with Crippen LogP contribution in [-0.2, 0) is 9.59 Å². The third kappa shape index (κ3) is 3.42. The number of imide groups is 1. The molecule has 2 heterocycles. The molecule has 2 aliphatic rings. The smallest absolute Gasteiger partial charge is 0.234 e. The second-order valence-electron chi connectivity index (χ2n) is 5.64. The Morgan fingerprint density at radius 1 is 1.10 bits per heavy atom. The Morgan fingerprint density at radius 3 is 2.67 bits per heavy atom. The maximum absolute atomic E-state index is 11.9. The molecule has 1 aromatic carbocycles. The van der Waals surface area contributed by atoms with Crippen LogP contribution in [0.25, 0.3) is 0 Å². The van der Waals surface area contributed by atoms with Gasteiger partial charge in [0, 0.05) is 6.42 Å². The normalized spacial score (nSPS) is 23.7. The zero-order valence-electron chi connectivity index (χ0n) is 11.9. The van der Waals surface area contributed by atoms with Gasteiger partial charge in [0.05, 0.1) is 5.92 Å². The summed E-state index contributed by atoms with van der Waals surface area (Å²) in [6.07, 6.45) is 3.21. The molecule has 21 heavy (non-hydrogen) atoms. The summed E-state index contributed by atoms with van der Waals surface area (Å²) in [6.45, 7) is 1.97. The van der Waals surface area contributed by atoms with Crippen molar-refractivity contribution in [2.24, 2.45) is 0 Å². The van der Waals surface area contributed by atoms with Gasteiger partial charge in [-0.2, -0.15) is 0 Å². The first-order valence-corrected chi connectivity index (χ1v) is 7.53. The number of benzene rings is 1. The van der Waals surface area contributed by atoms with Gasteiger partial charge in [0.1, 0.15) is 11.9 Å². The van der Waals surface area contributed by atoms with Crippen LogP contribution in [0.1, 0.15) is 37.2 Å². The molecule has 0 spiro atoms. The van der Waals surface area contributed by atoms with Gasteiger partial charge in [-0.15, -0.1) is 0 Å². The summed E-state index contributed by atoms with van der Waals surface area (Å²) < 4.78 is 6.00. The molecule has 0 aliphatic carbocycles. The first kappa shape index (κ1) is 14.1. The van der Waals surface area contributed by atoms with E-state index in [9.17, 15) is 9.59 Å². The predicted octanol–water partition coefficient (Wildman–Crippen LogP) is 1.34. The average Bonchev–Trinajstić information content (AvgIpc) is 2.48. The maximum atomic E-state index is 11.9. The number of piperidine rings is 2. The van der Waals surface area contributed by atoms with Gasteiger partial charge < -0.3 is 10.1 Å². The molecule has 1 aromatic rings. The minimum Gasteiger partial charge on any atom is -0.490 e. The zero-order valence-corrected chi connectivity index (χ0v) is 11.9. The Balaban J connectivity index is 1.70. The number of nitrogens with one attached hydrogen (secondary N) is 2. The van der Waals surface area contributed by atoms with Gasteiger partial charge in [0.25, 0.3) is 0 Å². The van der Waals surface area contributed by atoms with Crippen LogP contribution in [0.3, 0.4) is 0 Å². The van der Waals surface area contributed by atoms with Crippen LogP contribution in [0.2, 0.25) is 0 Å². The van der Waals surface area contributed by atoms with E-state index < -0.39 is 0 Å². The van der Waals surface area contributed by atoms with Gasteiger partial charge in [-0.3, -0.25) is 14.9 Å². The Morgan fingerprint density at radius 2 is 1.90 bits per heavy atom. The van der Waals surface area contributed by atoms with Crippen LogP contribution in [0, 0.1) is 0 Å². The van der Waals surface area contributed by atoms with E-state index in [1.165, 1.54) is 0 Å². The van der Waals surface area contributed by atoms with E-state index in [2.05, 4.69) is 10.6 Å². The van der Waals surface area contributed by atoms with E-state index in [1.807, 2.05) is 24.3 Å². The summed E-state index contributed by atoms with van der Waals surface area (Å²) >= 11 is 0. The lowest BCUT2D eigenvalue weighted by molar-refractivity contribution is -0.134. The van der Waals surface area contributed by atoms with Crippen LogP contribution in [-0.4, -0.2) is 31.0 Å². The fraction of sp³-hybridized carbons (Fsp3) is 0.500. The standard InChI is InChI=1S/C16H20N2O3/c19-15-5-4-14(16(20)18-15)11-2-1-3-13(10-11)21-12-6-8-17-9-7-12/h1-3,10,12,14,17H,4-9H2,(H,18,19,20).